The second-order valence-electron chi connectivity index (χ2n) is 9.22. The molecule has 1 amide bonds. The van der Waals surface area contributed by atoms with Gasteiger partial charge in [-0.15, -0.1) is 0 Å². The number of hydrogen-bond acceptors (Lipinski definition) is 5. The molecule has 202 valence electrons. The fraction of sp³-hybridized carbons (Fsp3) is 0.480. The first-order valence-electron chi connectivity index (χ1n) is 12.1. The Morgan fingerprint density at radius 3 is 2.38 bits per heavy atom. The number of nitrogens with one attached hydrogen (secondary N) is 1. The van der Waals surface area contributed by atoms with Crippen LogP contribution in [0.3, 0.4) is 0 Å². The van der Waals surface area contributed by atoms with Gasteiger partial charge < -0.3 is 10.1 Å². The van der Waals surface area contributed by atoms with Crippen LogP contribution in [0.15, 0.2) is 47.4 Å². The van der Waals surface area contributed by atoms with Crippen LogP contribution in [0.4, 0.5) is 23.2 Å². The third kappa shape index (κ3) is 6.60. The zero-order valence-electron chi connectivity index (χ0n) is 20.3. The Kier molecular flexibility index (Phi) is 8.10. The zero-order valence-corrected chi connectivity index (χ0v) is 21.1. The molecule has 0 unspecified atom stereocenters. The van der Waals surface area contributed by atoms with E-state index in [1.807, 2.05) is 4.90 Å². The smallest absolute Gasteiger partial charge is 0.416 e. The molecule has 1 heterocycles. The maximum Gasteiger partial charge on any atom is 0.416 e. The van der Waals surface area contributed by atoms with E-state index in [9.17, 15) is 30.8 Å². The summed E-state index contributed by atoms with van der Waals surface area (Å²) in [6, 6.07) is 7.11. The van der Waals surface area contributed by atoms with Gasteiger partial charge in [-0.1, -0.05) is 6.07 Å². The Labute approximate surface area is 213 Å². The highest BCUT2D eigenvalue weighted by atomic mass is 32.2. The Hall–Kier alpha value is -2.70. The van der Waals surface area contributed by atoms with Gasteiger partial charge in [0, 0.05) is 31.2 Å². The maximum atomic E-state index is 13.5. The number of alkyl halides is 3. The summed E-state index contributed by atoms with van der Waals surface area (Å²) in [6.45, 7) is 3.00. The summed E-state index contributed by atoms with van der Waals surface area (Å²) in [5, 5.41) is 2.72. The van der Waals surface area contributed by atoms with E-state index in [1.165, 1.54) is 28.6 Å². The topological polar surface area (TPSA) is 79.0 Å². The third-order valence-corrected chi connectivity index (χ3v) is 8.45. The highest BCUT2D eigenvalue weighted by molar-refractivity contribution is 7.89. The highest BCUT2D eigenvalue weighted by Crippen LogP contribution is 2.38. The molecule has 2 aromatic rings. The molecule has 1 aliphatic carbocycles. The van der Waals surface area contributed by atoms with E-state index >= 15 is 0 Å². The van der Waals surface area contributed by atoms with Gasteiger partial charge in [0.15, 0.2) is 0 Å². The second-order valence-corrected chi connectivity index (χ2v) is 11.1. The van der Waals surface area contributed by atoms with Gasteiger partial charge in [0.05, 0.1) is 29.3 Å². The van der Waals surface area contributed by atoms with Crippen molar-refractivity contribution < 1.29 is 35.5 Å². The molecule has 12 heteroatoms. The fourth-order valence-corrected chi connectivity index (χ4v) is 6.55. The molecule has 0 radical (unpaired) electrons. The number of hydrogen-bond donors (Lipinski definition) is 1. The number of benzene rings is 2. The van der Waals surface area contributed by atoms with Gasteiger partial charge in [0.2, 0.25) is 15.9 Å². The molecule has 0 spiro atoms. The van der Waals surface area contributed by atoms with Gasteiger partial charge in [-0.3, -0.25) is 9.69 Å². The summed E-state index contributed by atoms with van der Waals surface area (Å²) in [7, 11) is -4.12. The minimum absolute atomic E-state index is 0.0550. The largest absolute Gasteiger partial charge is 0.492 e. The van der Waals surface area contributed by atoms with Crippen LogP contribution < -0.4 is 10.1 Å². The van der Waals surface area contributed by atoms with E-state index in [4.69, 9.17) is 4.74 Å². The number of carbonyl (C=O) groups excluding carboxylic acids is 1. The number of carbonyl (C=O) groups is 1. The van der Waals surface area contributed by atoms with Crippen LogP contribution in [0, 0.1) is 5.82 Å². The molecule has 1 aliphatic heterocycles. The maximum absolute atomic E-state index is 13.5. The Bertz CT molecular complexity index is 1230. The van der Waals surface area contributed by atoms with Gasteiger partial charge in [-0.05, 0) is 62.9 Å². The first-order chi connectivity index (χ1) is 17.5. The standard InChI is InChI=1S/C25H29F4N3O4S/c1-2-36-23-15-18(26)6-9-22(23)30-24(33)16-31-12-10-20(11-13-31)32(19-7-8-19)37(34,35)21-5-3-4-17(14-21)25(27,28)29/h3-6,9,14-15,19-20H,2,7-8,10-13,16H2,1H3,(H,30,33). The minimum Gasteiger partial charge on any atom is -0.492 e. The number of likely N-dealkylation sites (tertiary alicyclic amines) is 1. The predicted molar refractivity (Wildman–Crippen MR) is 129 cm³/mol. The van der Waals surface area contributed by atoms with Crippen LogP contribution in [-0.2, 0) is 21.0 Å². The molecule has 2 aromatic carbocycles. The number of ether oxygens (including phenoxy) is 1. The van der Waals surface area contributed by atoms with E-state index in [-0.39, 0.29) is 35.2 Å². The van der Waals surface area contributed by atoms with Crippen molar-refractivity contribution in [1.82, 2.24) is 9.21 Å². The lowest BCUT2D eigenvalue weighted by molar-refractivity contribution is -0.137. The molecule has 1 saturated heterocycles. The number of rotatable bonds is 9. The average Bonchev–Trinajstić information content (AvgIpc) is 3.67. The van der Waals surface area contributed by atoms with Crippen molar-refractivity contribution in [2.45, 2.75) is 55.8 Å². The molecule has 2 aliphatic rings. The molecule has 7 nitrogen and oxygen atoms in total. The van der Waals surface area contributed by atoms with Crippen LogP contribution in [0.1, 0.15) is 38.2 Å². The van der Waals surface area contributed by atoms with Crippen LogP contribution >= 0.6 is 0 Å². The van der Waals surface area contributed by atoms with Gasteiger partial charge in [0.25, 0.3) is 0 Å². The van der Waals surface area contributed by atoms with E-state index in [0.29, 0.717) is 57.1 Å². The minimum atomic E-state index is -4.64. The fourth-order valence-electron chi connectivity index (χ4n) is 4.57. The van der Waals surface area contributed by atoms with Crippen molar-refractivity contribution in [3.05, 3.63) is 53.8 Å². The molecular weight excluding hydrogens is 514 g/mol. The summed E-state index contributed by atoms with van der Waals surface area (Å²) >= 11 is 0. The highest BCUT2D eigenvalue weighted by Gasteiger charge is 2.44. The lowest BCUT2D eigenvalue weighted by Crippen LogP contribution is -2.49. The third-order valence-electron chi connectivity index (χ3n) is 6.45. The SMILES string of the molecule is CCOc1cc(F)ccc1NC(=O)CN1CCC(N(C2CC2)S(=O)(=O)c2cccc(C(F)(F)F)c2)CC1. The summed E-state index contributed by atoms with van der Waals surface area (Å²) in [4.78, 5) is 14.1. The van der Waals surface area contributed by atoms with Gasteiger partial charge in [-0.2, -0.15) is 17.5 Å². The van der Waals surface area contributed by atoms with Crippen molar-refractivity contribution in [2.75, 3.05) is 31.6 Å². The molecule has 37 heavy (non-hydrogen) atoms. The Balaban J connectivity index is 1.39. The number of piperidine rings is 1. The monoisotopic (exact) mass is 543 g/mol. The van der Waals surface area contributed by atoms with Crippen molar-refractivity contribution in [2.24, 2.45) is 0 Å². The van der Waals surface area contributed by atoms with Gasteiger partial charge in [0.1, 0.15) is 11.6 Å². The molecule has 4 rings (SSSR count). The van der Waals surface area contributed by atoms with Crippen molar-refractivity contribution in [3.8, 4) is 5.75 Å². The lowest BCUT2D eigenvalue weighted by Gasteiger charge is -2.37. The Morgan fingerprint density at radius 2 is 1.76 bits per heavy atom. The molecule has 1 saturated carbocycles. The quantitative estimate of drug-likeness (QED) is 0.472. The molecule has 0 aromatic heterocycles. The van der Waals surface area contributed by atoms with E-state index in [2.05, 4.69) is 5.32 Å². The van der Waals surface area contributed by atoms with E-state index in [0.717, 1.165) is 12.1 Å². The van der Waals surface area contributed by atoms with E-state index < -0.39 is 27.6 Å². The number of halogens is 4. The number of sulfonamides is 1. The summed E-state index contributed by atoms with van der Waals surface area (Å²) in [6.07, 6.45) is -2.41. The van der Waals surface area contributed by atoms with Crippen LogP contribution in [0.25, 0.3) is 0 Å². The van der Waals surface area contributed by atoms with E-state index in [1.54, 1.807) is 6.92 Å². The van der Waals surface area contributed by atoms with Crippen molar-refractivity contribution in [1.29, 1.82) is 0 Å². The average molecular weight is 544 g/mol. The molecular formula is C25H29F4N3O4S. The lowest BCUT2D eigenvalue weighted by atomic mass is 10.0. The Morgan fingerprint density at radius 1 is 1.08 bits per heavy atom. The van der Waals surface area contributed by atoms with Gasteiger partial charge in [-0.25, -0.2) is 12.8 Å². The first kappa shape index (κ1) is 27.3. The van der Waals surface area contributed by atoms with Crippen LogP contribution in [0.5, 0.6) is 5.75 Å². The number of anilines is 1. The van der Waals surface area contributed by atoms with Crippen molar-refractivity contribution in [3.63, 3.8) is 0 Å². The normalized spacial score (nSPS) is 17.7. The van der Waals surface area contributed by atoms with Gasteiger partial charge >= 0.3 is 6.18 Å². The summed E-state index contributed by atoms with van der Waals surface area (Å²) in [5.74, 6) is -0.570. The molecule has 0 bridgehead atoms. The summed E-state index contributed by atoms with van der Waals surface area (Å²) < 4.78 is 86.6. The predicted octanol–water partition coefficient (Wildman–Crippen LogP) is 4.50. The number of amides is 1. The summed E-state index contributed by atoms with van der Waals surface area (Å²) in [5.41, 5.74) is -0.644. The van der Waals surface area contributed by atoms with Crippen molar-refractivity contribution >= 4 is 21.6 Å². The number of nitrogens with zero attached hydrogens (tertiary/aromatic N) is 2. The second kappa shape index (κ2) is 11.0. The molecule has 1 N–H and O–H groups in total. The van der Waals surface area contributed by atoms with Crippen LogP contribution in [0.2, 0.25) is 0 Å². The molecule has 0 atom stereocenters. The molecule has 2 fully saturated rings. The van der Waals surface area contributed by atoms with Crippen LogP contribution in [-0.4, -0.2) is 61.9 Å². The zero-order chi connectivity index (χ0) is 26.8. The first-order valence-corrected chi connectivity index (χ1v) is 13.6.